The number of halogens is 2. The fourth-order valence-electron chi connectivity index (χ4n) is 1.89. The third-order valence-electron chi connectivity index (χ3n) is 3.07. The lowest BCUT2D eigenvalue weighted by Gasteiger charge is -2.13. The van der Waals surface area contributed by atoms with E-state index in [4.69, 9.17) is 11.6 Å². The van der Waals surface area contributed by atoms with Crippen LogP contribution in [0.3, 0.4) is 0 Å². The average Bonchev–Trinajstić information content (AvgIpc) is 2.45. The molecule has 0 aliphatic carbocycles. The molecule has 0 bridgehead atoms. The minimum absolute atomic E-state index is 0.149. The molecule has 0 fully saturated rings. The second-order valence-corrected chi connectivity index (χ2v) is 6.62. The molecular weight excluding hydrogens is 305 g/mol. The molecule has 1 nitrogen and oxygen atoms in total. The molecule has 0 aromatic heterocycles. The molecule has 21 heavy (non-hydrogen) atoms. The van der Waals surface area contributed by atoms with Crippen LogP contribution >= 0.6 is 23.4 Å². The number of nitrogens with one attached hydrogen (secondary N) is 1. The Morgan fingerprint density at radius 2 is 1.86 bits per heavy atom. The maximum Gasteiger partial charge on any atom is 0.128 e. The number of hydrogen-bond acceptors (Lipinski definition) is 2. The average molecular weight is 324 g/mol. The van der Waals surface area contributed by atoms with E-state index in [-0.39, 0.29) is 5.82 Å². The Morgan fingerprint density at radius 3 is 2.52 bits per heavy atom. The monoisotopic (exact) mass is 323 g/mol. The molecule has 0 aliphatic heterocycles. The highest BCUT2D eigenvalue weighted by molar-refractivity contribution is 7.98. The van der Waals surface area contributed by atoms with E-state index in [0.29, 0.717) is 12.6 Å². The summed E-state index contributed by atoms with van der Waals surface area (Å²) in [6, 6.07) is 13.3. The zero-order valence-electron chi connectivity index (χ0n) is 12.2. The van der Waals surface area contributed by atoms with Gasteiger partial charge in [-0.25, -0.2) is 4.39 Å². The van der Waals surface area contributed by atoms with Crippen molar-refractivity contribution < 1.29 is 4.39 Å². The molecule has 2 aromatic carbocycles. The van der Waals surface area contributed by atoms with Gasteiger partial charge in [0.2, 0.25) is 0 Å². The van der Waals surface area contributed by atoms with Crippen molar-refractivity contribution in [1.29, 1.82) is 0 Å². The summed E-state index contributed by atoms with van der Waals surface area (Å²) in [7, 11) is 0. The van der Waals surface area contributed by atoms with Crippen LogP contribution in [0.1, 0.15) is 25.0 Å². The van der Waals surface area contributed by atoms with Gasteiger partial charge in [-0.3, -0.25) is 0 Å². The van der Waals surface area contributed by atoms with Crippen molar-refractivity contribution in [1.82, 2.24) is 5.32 Å². The lowest BCUT2D eigenvalue weighted by molar-refractivity contribution is 0.546. The fourth-order valence-corrected chi connectivity index (χ4v) is 3.05. The van der Waals surface area contributed by atoms with E-state index in [1.807, 2.05) is 30.3 Å². The molecule has 0 radical (unpaired) electrons. The highest BCUT2D eigenvalue weighted by Crippen LogP contribution is 2.28. The van der Waals surface area contributed by atoms with Crippen molar-refractivity contribution in [2.24, 2.45) is 0 Å². The Hall–Kier alpha value is -1.03. The summed E-state index contributed by atoms with van der Waals surface area (Å²) < 4.78 is 14.0. The first-order valence-electron chi connectivity index (χ1n) is 6.94. The van der Waals surface area contributed by atoms with Gasteiger partial charge in [-0.1, -0.05) is 43.6 Å². The number of hydrogen-bond donors (Lipinski definition) is 1. The van der Waals surface area contributed by atoms with Gasteiger partial charge in [-0.15, -0.1) is 11.8 Å². The largest absolute Gasteiger partial charge is 0.310 e. The van der Waals surface area contributed by atoms with Gasteiger partial charge in [0.1, 0.15) is 5.82 Å². The lowest BCUT2D eigenvalue weighted by Crippen LogP contribution is -2.22. The second kappa shape index (κ2) is 7.83. The SMILES string of the molecule is CC(C)NCc1c(F)cccc1SCc1ccc(Cl)cc1. The predicted molar refractivity (Wildman–Crippen MR) is 89.4 cm³/mol. The predicted octanol–water partition coefficient (Wildman–Crippen LogP) is 5.27. The van der Waals surface area contributed by atoms with Gasteiger partial charge in [0.15, 0.2) is 0 Å². The molecule has 0 amide bonds. The maximum absolute atomic E-state index is 14.0. The molecule has 2 aromatic rings. The Balaban J connectivity index is 2.08. The first kappa shape index (κ1) is 16.3. The van der Waals surface area contributed by atoms with E-state index in [0.717, 1.165) is 21.2 Å². The Morgan fingerprint density at radius 1 is 1.14 bits per heavy atom. The van der Waals surface area contributed by atoms with Crippen LogP contribution in [0.25, 0.3) is 0 Å². The normalized spacial score (nSPS) is 11.1. The molecule has 0 unspecified atom stereocenters. The molecule has 0 atom stereocenters. The quantitative estimate of drug-likeness (QED) is 0.727. The minimum Gasteiger partial charge on any atom is -0.310 e. The van der Waals surface area contributed by atoms with E-state index in [1.165, 1.54) is 11.6 Å². The van der Waals surface area contributed by atoms with Crippen molar-refractivity contribution in [2.45, 2.75) is 37.1 Å². The van der Waals surface area contributed by atoms with Crippen LogP contribution in [-0.2, 0) is 12.3 Å². The third-order valence-corrected chi connectivity index (χ3v) is 4.49. The van der Waals surface area contributed by atoms with Crippen LogP contribution in [-0.4, -0.2) is 6.04 Å². The van der Waals surface area contributed by atoms with Gasteiger partial charge in [0.25, 0.3) is 0 Å². The van der Waals surface area contributed by atoms with Gasteiger partial charge in [-0.2, -0.15) is 0 Å². The first-order valence-corrected chi connectivity index (χ1v) is 8.30. The summed E-state index contributed by atoms with van der Waals surface area (Å²) in [5.41, 5.74) is 1.92. The van der Waals surface area contributed by atoms with Gasteiger partial charge in [-0.05, 0) is 29.8 Å². The second-order valence-electron chi connectivity index (χ2n) is 5.17. The molecule has 0 saturated heterocycles. The molecule has 2 rings (SSSR count). The Labute approximate surface area is 134 Å². The van der Waals surface area contributed by atoms with Crippen LogP contribution in [0.5, 0.6) is 0 Å². The van der Waals surface area contributed by atoms with E-state index < -0.39 is 0 Å². The number of thioether (sulfide) groups is 1. The van der Waals surface area contributed by atoms with Gasteiger partial charge < -0.3 is 5.32 Å². The topological polar surface area (TPSA) is 12.0 Å². The van der Waals surface area contributed by atoms with E-state index in [9.17, 15) is 4.39 Å². The number of rotatable bonds is 6. The fraction of sp³-hybridized carbons (Fsp3) is 0.294. The zero-order valence-corrected chi connectivity index (χ0v) is 13.8. The first-order chi connectivity index (χ1) is 10.1. The third kappa shape index (κ3) is 5.03. The van der Waals surface area contributed by atoms with Crippen LogP contribution < -0.4 is 5.32 Å². The molecule has 0 spiro atoms. The van der Waals surface area contributed by atoms with Crippen LogP contribution in [0.4, 0.5) is 4.39 Å². The Bertz CT molecular complexity index is 584. The summed E-state index contributed by atoms with van der Waals surface area (Å²) in [4.78, 5) is 0.984. The van der Waals surface area contributed by atoms with Gasteiger partial charge >= 0.3 is 0 Å². The lowest BCUT2D eigenvalue weighted by atomic mass is 10.2. The molecule has 0 aliphatic rings. The summed E-state index contributed by atoms with van der Waals surface area (Å²) in [6.07, 6.45) is 0. The minimum atomic E-state index is -0.149. The molecule has 0 saturated carbocycles. The van der Waals surface area contributed by atoms with Crippen LogP contribution in [0.15, 0.2) is 47.4 Å². The van der Waals surface area contributed by atoms with Crippen LogP contribution in [0.2, 0.25) is 5.02 Å². The summed E-state index contributed by atoms with van der Waals surface area (Å²) in [6.45, 7) is 4.66. The van der Waals surface area contributed by atoms with Crippen molar-refractivity contribution in [3.63, 3.8) is 0 Å². The van der Waals surface area contributed by atoms with E-state index >= 15 is 0 Å². The smallest absolute Gasteiger partial charge is 0.128 e. The standard InChI is InChI=1S/C17H19ClFNS/c1-12(2)20-10-15-16(19)4-3-5-17(15)21-11-13-6-8-14(18)9-7-13/h3-9,12,20H,10-11H2,1-2H3. The summed E-state index contributed by atoms with van der Waals surface area (Å²) >= 11 is 7.53. The molecule has 4 heteroatoms. The van der Waals surface area contributed by atoms with Crippen LogP contribution in [0, 0.1) is 5.82 Å². The highest BCUT2D eigenvalue weighted by atomic mass is 35.5. The zero-order chi connectivity index (χ0) is 15.2. The van der Waals surface area contributed by atoms with E-state index in [1.54, 1.807) is 17.8 Å². The van der Waals surface area contributed by atoms with Crippen molar-refractivity contribution in [3.8, 4) is 0 Å². The highest BCUT2D eigenvalue weighted by Gasteiger charge is 2.09. The molecular formula is C17H19ClFNS. The Kier molecular flexibility index (Phi) is 6.09. The molecule has 0 heterocycles. The maximum atomic E-state index is 14.0. The molecule has 1 N–H and O–H groups in total. The van der Waals surface area contributed by atoms with Crippen molar-refractivity contribution in [2.75, 3.05) is 0 Å². The summed E-state index contributed by atoms with van der Waals surface area (Å²) in [5.74, 6) is 0.652. The van der Waals surface area contributed by atoms with Crippen molar-refractivity contribution in [3.05, 3.63) is 64.4 Å². The van der Waals surface area contributed by atoms with Gasteiger partial charge in [0, 0.05) is 33.8 Å². The van der Waals surface area contributed by atoms with Gasteiger partial charge in [0.05, 0.1) is 0 Å². The molecule has 112 valence electrons. The summed E-state index contributed by atoms with van der Waals surface area (Å²) in [5, 5.41) is 4.01. The van der Waals surface area contributed by atoms with Crippen molar-refractivity contribution >= 4 is 23.4 Å². The van der Waals surface area contributed by atoms with E-state index in [2.05, 4.69) is 19.2 Å². The number of benzene rings is 2.